The zero-order valence-corrected chi connectivity index (χ0v) is 23.1. The first kappa shape index (κ1) is 26.7. The summed E-state index contributed by atoms with van der Waals surface area (Å²) in [6.45, 7) is 5.78. The summed E-state index contributed by atoms with van der Waals surface area (Å²) in [7, 11) is 7.12. The van der Waals surface area contributed by atoms with E-state index in [4.69, 9.17) is 14.5 Å². The van der Waals surface area contributed by atoms with E-state index in [0.717, 1.165) is 54.1 Å². The molecule has 12 nitrogen and oxygen atoms in total. The number of aryl methyl sites for hydroxylation is 2. The molecule has 5 rings (SSSR count). The number of piperazine rings is 1. The van der Waals surface area contributed by atoms with Crippen LogP contribution >= 0.6 is 0 Å². The summed E-state index contributed by atoms with van der Waals surface area (Å²) < 4.78 is 12.4. The number of nitrogens with zero attached hydrogens (tertiary/aromatic N) is 7. The number of aromatic nitrogens is 5. The highest BCUT2D eigenvalue weighted by Gasteiger charge is 2.30. The van der Waals surface area contributed by atoms with Crippen LogP contribution in [0.1, 0.15) is 22.4 Å². The SMILES string of the molecule is COCC(C(=O)Nc1nccc2c1CC=C2c1nc(Nc2cn(C)nc2OC)ncc1C)N1CCN(C)CC1. The second-order valence-corrected chi connectivity index (χ2v) is 9.88. The van der Waals surface area contributed by atoms with Crippen molar-refractivity contribution in [3.63, 3.8) is 0 Å². The first-order chi connectivity index (χ1) is 18.9. The lowest BCUT2D eigenvalue weighted by molar-refractivity contribution is -0.124. The van der Waals surface area contributed by atoms with Gasteiger partial charge in [-0.2, -0.15) is 0 Å². The van der Waals surface area contributed by atoms with Crippen molar-refractivity contribution in [2.75, 3.05) is 64.7 Å². The van der Waals surface area contributed by atoms with Crippen molar-refractivity contribution in [2.45, 2.75) is 19.4 Å². The molecule has 39 heavy (non-hydrogen) atoms. The summed E-state index contributed by atoms with van der Waals surface area (Å²) in [6.07, 6.45) is 8.09. The Kier molecular flexibility index (Phi) is 7.87. The van der Waals surface area contributed by atoms with Crippen molar-refractivity contribution in [1.29, 1.82) is 0 Å². The van der Waals surface area contributed by atoms with Crippen LogP contribution in [-0.4, -0.2) is 101 Å². The van der Waals surface area contributed by atoms with Gasteiger partial charge in [0.15, 0.2) is 0 Å². The van der Waals surface area contributed by atoms with Gasteiger partial charge in [-0.25, -0.2) is 15.0 Å². The van der Waals surface area contributed by atoms with Crippen LogP contribution < -0.4 is 15.4 Å². The normalized spacial score (nSPS) is 16.5. The van der Waals surface area contributed by atoms with Crippen LogP contribution in [0.15, 0.2) is 30.7 Å². The molecule has 0 saturated carbocycles. The van der Waals surface area contributed by atoms with Crippen molar-refractivity contribution in [2.24, 2.45) is 7.05 Å². The quantitative estimate of drug-likeness (QED) is 0.421. The maximum Gasteiger partial charge on any atom is 0.256 e. The molecule has 0 aromatic carbocycles. The number of hydrogen-bond acceptors (Lipinski definition) is 10. The van der Waals surface area contributed by atoms with E-state index in [1.807, 2.05) is 26.2 Å². The number of pyridine rings is 1. The van der Waals surface area contributed by atoms with E-state index in [1.54, 1.807) is 31.3 Å². The molecule has 206 valence electrons. The first-order valence-electron chi connectivity index (χ1n) is 13.0. The minimum absolute atomic E-state index is 0.106. The monoisotopic (exact) mass is 533 g/mol. The molecule has 1 atom stereocenters. The van der Waals surface area contributed by atoms with E-state index in [1.165, 1.54) is 0 Å². The van der Waals surface area contributed by atoms with Gasteiger partial charge in [0.1, 0.15) is 17.5 Å². The molecule has 12 heteroatoms. The molecule has 3 aromatic rings. The lowest BCUT2D eigenvalue weighted by atomic mass is 10.0. The van der Waals surface area contributed by atoms with Crippen LogP contribution in [0, 0.1) is 6.92 Å². The predicted molar refractivity (Wildman–Crippen MR) is 148 cm³/mol. The van der Waals surface area contributed by atoms with Gasteiger partial charge in [-0.05, 0) is 37.6 Å². The average molecular weight is 534 g/mol. The molecule has 1 saturated heterocycles. The van der Waals surface area contributed by atoms with Gasteiger partial charge >= 0.3 is 0 Å². The molecule has 1 unspecified atom stereocenters. The van der Waals surface area contributed by atoms with Crippen molar-refractivity contribution < 1.29 is 14.3 Å². The lowest BCUT2D eigenvalue weighted by Crippen LogP contribution is -2.54. The van der Waals surface area contributed by atoms with E-state index >= 15 is 0 Å². The van der Waals surface area contributed by atoms with Crippen LogP contribution in [0.25, 0.3) is 5.57 Å². The topological polar surface area (TPSA) is 123 Å². The largest absolute Gasteiger partial charge is 0.478 e. The molecule has 4 heterocycles. The summed E-state index contributed by atoms with van der Waals surface area (Å²) >= 11 is 0. The second kappa shape index (κ2) is 11.5. The predicted octanol–water partition coefficient (Wildman–Crippen LogP) is 1.85. The van der Waals surface area contributed by atoms with E-state index in [9.17, 15) is 4.79 Å². The number of likely N-dealkylation sites (N-methyl/N-ethyl adjacent to an activating group) is 1. The fraction of sp³-hybridized carbons (Fsp3) is 0.444. The average Bonchev–Trinajstić information content (AvgIpc) is 3.52. The number of carbonyl (C=O) groups is 1. The van der Waals surface area contributed by atoms with Crippen molar-refractivity contribution in [3.8, 4) is 5.88 Å². The number of allylic oxidation sites excluding steroid dienone is 1. The third kappa shape index (κ3) is 5.63. The van der Waals surface area contributed by atoms with E-state index < -0.39 is 0 Å². The summed E-state index contributed by atoms with van der Waals surface area (Å²) in [5, 5.41) is 10.6. The van der Waals surface area contributed by atoms with Gasteiger partial charge in [0.2, 0.25) is 11.9 Å². The molecular formula is C27H35N9O3. The minimum Gasteiger partial charge on any atom is -0.478 e. The second-order valence-electron chi connectivity index (χ2n) is 9.88. The Morgan fingerprint density at radius 3 is 2.69 bits per heavy atom. The molecule has 3 aromatic heterocycles. The molecule has 0 spiro atoms. The Morgan fingerprint density at radius 2 is 1.95 bits per heavy atom. The number of carbonyl (C=O) groups excluding carboxylic acids is 1. The Labute approximate surface area is 228 Å². The number of ether oxygens (including phenoxy) is 2. The standard InChI is InChI=1S/C27H35N9O3/c1-17-14-29-27(30-21-15-35(3)33-26(21)39-5)31-23(17)19-6-7-20-18(19)8-9-28-24(20)32-25(37)22(16-38-4)36-12-10-34(2)11-13-36/h6,8-9,14-15,22H,7,10-13,16H2,1-5H3,(H,28,32,37)(H,29,30,31). The Bertz CT molecular complexity index is 1380. The number of fused-ring (bicyclic) bond motifs is 1. The van der Waals surface area contributed by atoms with Crippen molar-refractivity contribution in [3.05, 3.63) is 53.1 Å². The van der Waals surface area contributed by atoms with Gasteiger partial charge in [-0.1, -0.05) is 6.08 Å². The lowest BCUT2D eigenvalue weighted by Gasteiger charge is -2.36. The molecule has 1 fully saturated rings. The van der Waals surface area contributed by atoms with Gasteiger partial charge in [0, 0.05) is 63.9 Å². The van der Waals surface area contributed by atoms with Gasteiger partial charge in [0.25, 0.3) is 5.88 Å². The fourth-order valence-electron chi connectivity index (χ4n) is 5.04. The molecular weight excluding hydrogens is 498 g/mol. The fourth-order valence-corrected chi connectivity index (χ4v) is 5.04. The van der Waals surface area contributed by atoms with Crippen LogP contribution in [0.4, 0.5) is 17.5 Å². The van der Waals surface area contributed by atoms with Crippen molar-refractivity contribution >= 4 is 28.9 Å². The minimum atomic E-state index is -0.377. The molecule has 0 radical (unpaired) electrons. The third-order valence-electron chi connectivity index (χ3n) is 7.17. The molecule has 1 aliphatic carbocycles. The smallest absolute Gasteiger partial charge is 0.256 e. The Balaban J connectivity index is 1.37. The number of amides is 1. The highest BCUT2D eigenvalue weighted by atomic mass is 16.5. The van der Waals surface area contributed by atoms with Gasteiger partial charge < -0.3 is 25.0 Å². The van der Waals surface area contributed by atoms with Gasteiger partial charge in [-0.15, -0.1) is 5.10 Å². The maximum absolute atomic E-state index is 13.4. The third-order valence-corrected chi connectivity index (χ3v) is 7.17. The van der Waals surface area contributed by atoms with Crippen molar-refractivity contribution in [1.82, 2.24) is 34.5 Å². The zero-order chi connectivity index (χ0) is 27.5. The number of nitrogens with one attached hydrogen (secondary N) is 2. The van der Waals surface area contributed by atoms with Crippen LogP contribution in [-0.2, 0) is 23.0 Å². The number of hydrogen-bond donors (Lipinski definition) is 2. The number of anilines is 3. The van der Waals surface area contributed by atoms with Crippen LogP contribution in [0.5, 0.6) is 5.88 Å². The molecule has 2 aliphatic rings. The maximum atomic E-state index is 13.4. The summed E-state index contributed by atoms with van der Waals surface area (Å²) in [4.78, 5) is 31.7. The highest BCUT2D eigenvalue weighted by Crippen LogP contribution is 2.36. The van der Waals surface area contributed by atoms with Crippen LogP contribution in [0.3, 0.4) is 0 Å². The molecule has 1 amide bonds. The molecule has 0 bridgehead atoms. The van der Waals surface area contributed by atoms with E-state index in [-0.39, 0.29) is 11.9 Å². The first-order valence-corrected chi connectivity index (χ1v) is 13.0. The number of methoxy groups -OCH3 is 2. The highest BCUT2D eigenvalue weighted by molar-refractivity contribution is 5.96. The summed E-state index contributed by atoms with van der Waals surface area (Å²) in [5.41, 5.74) is 5.38. The Hall–Kier alpha value is -3.87. The van der Waals surface area contributed by atoms with Gasteiger partial charge in [-0.3, -0.25) is 14.4 Å². The summed E-state index contributed by atoms with van der Waals surface area (Å²) in [5.74, 6) is 1.37. The zero-order valence-electron chi connectivity index (χ0n) is 23.1. The van der Waals surface area contributed by atoms with E-state index in [2.05, 4.69) is 48.6 Å². The Morgan fingerprint density at radius 1 is 1.15 bits per heavy atom. The molecule has 2 N–H and O–H groups in total. The van der Waals surface area contributed by atoms with Crippen LogP contribution in [0.2, 0.25) is 0 Å². The van der Waals surface area contributed by atoms with Gasteiger partial charge in [0.05, 0.1) is 25.6 Å². The molecule has 1 aliphatic heterocycles. The number of rotatable bonds is 9. The summed E-state index contributed by atoms with van der Waals surface area (Å²) in [6, 6.07) is 1.59. The van der Waals surface area contributed by atoms with E-state index in [0.29, 0.717) is 36.4 Å².